The van der Waals surface area contributed by atoms with Gasteiger partial charge < -0.3 is 14.4 Å². The Morgan fingerprint density at radius 1 is 1.41 bits per heavy atom. The van der Waals surface area contributed by atoms with Gasteiger partial charge in [0.15, 0.2) is 11.5 Å². The van der Waals surface area contributed by atoms with Gasteiger partial charge in [0.2, 0.25) is 6.41 Å². The molecule has 0 radical (unpaired) electrons. The molecule has 114 valence electrons. The predicted molar refractivity (Wildman–Crippen MR) is 84.0 cm³/mol. The molecular weight excluding hydrogens is 327 g/mol. The van der Waals surface area contributed by atoms with Crippen molar-refractivity contribution in [3.8, 4) is 11.5 Å². The highest BCUT2D eigenvalue weighted by molar-refractivity contribution is 6.37. The van der Waals surface area contributed by atoms with Crippen LogP contribution < -0.4 is 14.4 Å². The van der Waals surface area contributed by atoms with Gasteiger partial charge in [0.25, 0.3) is 0 Å². The van der Waals surface area contributed by atoms with Crippen LogP contribution in [0.15, 0.2) is 30.6 Å². The Morgan fingerprint density at radius 3 is 2.77 bits per heavy atom. The van der Waals surface area contributed by atoms with E-state index in [2.05, 4.69) is 4.98 Å². The van der Waals surface area contributed by atoms with E-state index in [1.165, 1.54) is 7.11 Å². The van der Waals surface area contributed by atoms with E-state index < -0.39 is 0 Å². The lowest BCUT2D eigenvalue weighted by Gasteiger charge is -2.32. The van der Waals surface area contributed by atoms with Gasteiger partial charge in [-0.15, -0.1) is 0 Å². The largest absolute Gasteiger partial charge is 0.494 e. The van der Waals surface area contributed by atoms with Crippen molar-refractivity contribution in [2.75, 3.05) is 18.6 Å². The zero-order valence-electron chi connectivity index (χ0n) is 11.6. The number of benzene rings is 1. The molecule has 7 heteroatoms. The first kappa shape index (κ1) is 14.9. The number of hydrogen-bond donors (Lipinski definition) is 0. The summed E-state index contributed by atoms with van der Waals surface area (Å²) in [4.78, 5) is 16.9. The molecule has 0 saturated heterocycles. The number of rotatable bonds is 3. The molecule has 1 aromatic carbocycles. The minimum absolute atomic E-state index is 0.361. The van der Waals surface area contributed by atoms with Gasteiger partial charge >= 0.3 is 0 Å². The number of pyridine rings is 1. The van der Waals surface area contributed by atoms with Gasteiger partial charge in [-0.3, -0.25) is 9.78 Å². The highest BCUT2D eigenvalue weighted by Crippen LogP contribution is 2.40. The highest BCUT2D eigenvalue weighted by Gasteiger charge is 2.28. The third-order valence-electron chi connectivity index (χ3n) is 3.43. The van der Waals surface area contributed by atoms with Gasteiger partial charge in [0.05, 0.1) is 35.6 Å². The molecular formula is C15H12Cl2N2O3. The number of halogens is 2. The molecule has 0 bridgehead atoms. The Hall–Kier alpha value is -1.98. The van der Waals surface area contributed by atoms with Crippen LogP contribution >= 0.6 is 23.2 Å². The Balaban J connectivity index is 1.99. The van der Waals surface area contributed by atoms with Crippen LogP contribution in [-0.2, 0) is 4.79 Å². The van der Waals surface area contributed by atoms with Crippen molar-refractivity contribution >= 4 is 35.3 Å². The molecule has 1 unspecified atom stereocenters. The molecule has 1 atom stereocenters. The normalized spacial score (nSPS) is 16.7. The van der Waals surface area contributed by atoms with Crippen molar-refractivity contribution in [3.05, 3.63) is 46.2 Å². The molecule has 3 rings (SSSR count). The number of amides is 1. The third-order valence-corrected chi connectivity index (χ3v) is 3.99. The lowest BCUT2D eigenvalue weighted by Crippen LogP contribution is -2.34. The van der Waals surface area contributed by atoms with Gasteiger partial charge in [-0.1, -0.05) is 23.2 Å². The molecule has 0 aliphatic carbocycles. The molecule has 1 aromatic heterocycles. The van der Waals surface area contributed by atoms with Crippen LogP contribution in [0.2, 0.25) is 10.0 Å². The molecule has 0 fully saturated rings. The minimum Gasteiger partial charge on any atom is -0.494 e. The van der Waals surface area contributed by atoms with Crippen molar-refractivity contribution in [1.29, 1.82) is 0 Å². The fourth-order valence-electron chi connectivity index (χ4n) is 2.40. The average molecular weight is 339 g/mol. The van der Waals surface area contributed by atoms with Crippen LogP contribution in [0.25, 0.3) is 0 Å². The average Bonchev–Trinajstić information content (AvgIpc) is 2.53. The van der Waals surface area contributed by atoms with Crippen molar-refractivity contribution in [2.45, 2.75) is 6.10 Å². The maximum absolute atomic E-state index is 11.3. The summed E-state index contributed by atoms with van der Waals surface area (Å²) < 4.78 is 11.0. The van der Waals surface area contributed by atoms with E-state index in [9.17, 15) is 4.79 Å². The molecule has 1 amide bonds. The first-order valence-corrected chi connectivity index (χ1v) is 7.25. The van der Waals surface area contributed by atoms with Crippen LogP contribution in [0.4, 0.5) is 5.69 Å². The summed E-state index contributed by atoms with van der Waals surface area (Å²) in [6.07, 6.45) is 3.56. The number of methoxy groups -OCH3 is 1. The molecule has 2 heterocycles. The lowest BCUT2D eigenvalue weighted by molar-refractivity contribution is -0.107. The first-order chi connectivity index (χ1) is 10.6. The first-order valence-electron chi connectivity index (χ1n) is 6.49. The van der Waals surface area contributed by atoms with Crippen molar-refractivity contribution < 1.29 is 14.3 Å². The number of carbonyl (C=O) groups excluding carboxylic acids is 1. The topological polar surface area (TPSA) is 51.7 Å². The van der Waals surface area contributed by atoms with Crippen LogP contribution in [0.3, 0.4) is 0 Å². The molecule has 1 aliphatic heterocycles. The number of aromatic nitrogens is 1. The summed E-state index contributed by atoms with van der Waals surface area (Å²) in [6, 6.07) is 5.18. The van der Waals surface area contributed by atoms with Crippen molar-refractivity contribution in [3.63, 3.8) is 0 Å². The fraction of sp³-hybridized carbons (Fsp3) is 0.200. The van der Waals surface area contributed by atoms with Gasteiger partial charge in [-0.2, -0.15) is 0 Å². The second-order valence-corrected chi connectivity index (χ2v) is 5.54. The monoisotopic (exact) mass is 338 g/mol. The summed E-state index contributed by atoms with van der Waals surface area (Å²) in [6.45, 7) is 0.361. The molecule has 2 aromatic rings. The Labute approximate surface area is 137 Å². The smallest absolute Gasteiger partial charge is 0.214 e. The second-order valence-electron chi connectivity index (χ2n) is 4.73. The third kappa shape index (κ3) is 2.58. The number of anilines is 1. The molecule has 22 heavy (non-hydrogen) atoms. The van der Waals surface area contributed by atoms with E-state index in [0.29, 0.717) is 33.8 Å². The van der Waals surface area contributed by atoms with Crippen LogP contribution in [-0.4, -0.2) is 25.0 Å². The van der Waals surface area contributed by atoms with E-state index in [1.54, 1.807) is 35.5 Å². The maximum Gasteiger partial charge on any atom is 0.214 e. The van der Waals surface area contributed by atoms with Crippen LogP contribution in [0.1, 0.15) is 11.7 Å². The van der Waals surface area contributed by atoms with Gasteiger partial charge in [-0.05, 0) is 23.8 Å². The number of fused-ring (bicyclic) bond motifs is 1. The highest BCUT2D eigenvalue weighted by atomic mass is 35.5. The molecule has 0 saturated carbocycles. The summed E-state index contributed by atoms with van der Waals surface area (Å²) >= 11 is 12.3. The maximum atomic E-state index is 11.3. The van der Waals surface area contributed by atoms with Crippen LogP contribution in [0, 0.1) is 0 Å². The Bertz CT molecular complexity index is 701. The summed E-state index contributed by atoms with van der Waals surface area (Å²) in [5.41, 5.74) is 1.45. The number of ether oxygens (including phenoxy) is 2. The zero-order valence-corrected chi connectivity index (χ0v) is 13.1. The van der Waals surface area contributed by atoms with E-state index in [4.69, 9.17) is 32.7 Å². The quantitative estimate of drug-likeness (QED) is 0.804. The van der Waals surface area contributed by atoms with E-state index in [1.807, 2.05) is 0 Å². The second kappa shape index (κ2) is 6.02. The summed E-state index contributed by atoms with van der Waals surface area (Å²) in [5, 5.41) is 0.784. The molecule has 1 aliphatic rings. The summed E-state index contributed by atoms with van der Waals surface area (Å²) in [7, 11) is 1.50. The van der Waals surface area contributed by atoms with Gasteiger partial charge in [0.1, 0.15) is 6.10 Å². The predicted octanol–water partition coefficient (Wildman–Crippen LogP) is 3.49. The number of carbonyl (C=O) groups is 1. The fourth-order valence-corrected chi connectivity index (χ4v) is 3.06. The Kier molecular flexibility index (Phi) is 4.09. The number of nitrogens with zero attached hydrogens (tertiary/aromatic N) is 2. The van der Waals surface area contributed by atoms with Crippen LogP contribution in [0.5, 0.6) is 11.5 Å². The standard InChI is InChI=1S/C15H12Cl2N2O3/c1-21-15-10(16)4-9(5-11(15)17)14-7-19(8-20)12-2-3-18-6-13(12)22-14/h2-6,8,14H,7H2,1H3. The zero-order chi connectivity index (χ0) is 15.7. The SMILES string of the molecule is COc1c(Cl)cc(C2CN(C=O)c3ccncc3O2)cc1Cl. The van der Waals surface area contributed by atoms with Crippen molar-refractivity contribution in [1.82, 2.24) is 4.98 Å². The molecule has 0 N–H and O–H groups in total. The minimum atomic E-state index is -0.386. The molecule has 5 nitrogen and oxygen atoms in total. The van der Waals surface area contributed by atoms with Crippen molar-refractivity contribution in [2.24, 2.45) is 0 Å². The number of hydrogen-bond acceptors (Lipinski definition) is 4. The van der Waals surface area contributed by atoms with Gasteiger partial charge in [-0.25, -0.2) is 0 Å². The summed E-state index contributed by atoms with van der Waals surface area (Å²) in [5.74, 6) is 0.950. The Morgan fingerprint density at radius 2 is 2.14 bits per heavy atom. The lowest BCUT2D eigenvalue weighted by atomic mass is 10.1. The van der Waals surface area contributed by atoms with E-state index in [0.717, 1.165) is 12.0 Å². The van der Waals surface area contributed by atoms with Gasteiger partial charge in [0, 0.05) is 6.20 Å². The van der Waals surface area contributed by atoms with E-state index in [-0.39, 0.29) is 6.10 Å². The molecule has 0 spiro atoms. The van der Waals surface area contributed by atoms with E-state index >= 15 is 0 Å².